The van der Waals surface area contributed by atoms with Gasteiger partial charge in [-0.2, -0.15) is 0 Å². The molecular weight excluding hydrogens is 472 g/mol. The zero-order valence-corrected chi connectivity index (χ0v) is 20.0. The minimum Gasteiger partial charge on any atom is -0.480 e. The number of amides is 4. The van der Waals surface area contributed by atoms with Gasteiger partial charge >= 0.3 is 5.97 Å². The second-order valence-electron chi connectivity index (χ2n) is 8.53. The van der Waals surface area contributed by atoms with Crippen molar-refractivity contribution in [3.05, 3.63) is 36.0 Å². The normalized spacial score (nSPS) is 15.2. The van der Waals surface area contributed by atoms with E-state index in [0.717, 1.165) is 10.9 Å². The zero-order valence-electron chi connectivity index (χ0n) is 20.0. The molecule has 13 heteroatoms. The van der Waals surface area contributed by atoms with Crippen molar-refractivity contribution in [3.8, 4) is 0 Å². The summed E-state index contributed by atoms with van der Waals surface area (Å²) in [6, 6.07) is 2.28. The van der Waals surface area contributed by atoms with Gasteiger partial charge in [-0.05, 0) is 31.9 Å². The van der Waals surface area contributed by atoms with E-state index in [1.54, 1.807) is 12.3 Å². The number of nitrogens with one attached hydrogen (secondary N) is 4. The van der Waals surface area contributed by atoms with Gasteiger partial charge in [0.2, 0.25) is 23.6 Å². The number of hydrogen-bond acceptors (Lipinski definition) is 7. The van der Waals surface area contributed by atoms with Crippen molar-refractivity contribution in [1.82, 2.24) is 20.9 Å². The number of aromatic nitrogens is 1. The standard InChI is InChI=1S/C23H32N6O7/c1-11(27-21(33)15(24)7-8-18(25)31)20(32)28-17(22(34)29-19(12(2)30)23(35)36)9-13-10-26-16-6-4-3-5-14(13)16/h3-6,10-12,15,17,19,26,30H,7-9,24H2,1-2H3,(H2,25,31)(H,27,33)(H,28,32)(H,29,34)(H,35,36). The first-order valence-electron chi connectivity index (χ1n) is 11.3. The highest BCUT2D eigenvalue weighted by atomic mass is 16.4. The van der Waals surface area contributed by atoms with Gasteiger partial charge < -0.3 is 42.6 Å². The molecule has 0 saturated carbocycles. The molecule has 0 saturated heterocycles. The molecule has 0 fully saturated rings. The molecule has 1 aromatic carbocycles. The number of carboxylic acids is 1. The predicted molar refractivity (Wildman–Crippen MR) is 129 cm³/mol. The van der Waals surface area contributed by atoms with Crippen LogP contribution in [0.25, 0.3) is 10.9 Å². The number of rotatable bonds is 13. The van der Waals surface area contributed by atoms with Crippen molar-refractivity contribution >= 4 is 40.5 Å². The molecule has 4 amide bonds. The first-order valence-corrected chi connectivity index (χ1v) is 11.3. The SMILES string of the molecule is CC(NC(=O)C(N)CCC(N)=O)C(=O)NC(Cc1c[nH]c2ccccc12)C(=O)NC(C(=O)O)C(C)O. The number of para-hydroxylation sites is 1. The van der Waals surface area contributed by atoms with E-state index in [4.69, 9.17) is 11.5 Å². The van der Waals surface area contributed by atoms with Crippen LogP contribution < -0.4 is 27.4 Å². The van der Waals surface area contributed by atoms with Crippen LogP contribution in [-0.4, -0.2) is 75.1 Å². The lowest BCUT2D eigenvalue weighted by Gasteiger charge is -2.24. The number of H-pyrrole nitrogens is 1. The summed E-state index contributed by atoms with van der Waals surface area (Å²) in [4.78, 5) is 63.5. The van der Waals surface area contributed by atoms with Gasteiger partial charge in [-0.25, -0.2) is 4.79 Å². The van der Waals surface area contributed by atoms with Gasteiger partial charge in [0.1, 0.15) is 12.1 Å². The lowest BCUT2D eigenvalue weighted by atomic mass is 10.0. The van der Waals surface area contributed by atoms with E-state index in [2.05, 4.69) is 20.9 Å². The third kappa shape index (κ3) is 7.78. The van der Waals surface area contributed by atoms with Gasteiger partial charge in [0, 0.05) is 29.9 Å². The lowest BCUT2D eigenvalue weighted by Crippen LogP contribution is -2.58. The van der Waals surface area contributed by atoms with E-state index in [-0.39, 0.29) is 19.3 Å². The molecule has 196 valence electrons. The number of benzene rings is 1. The summed E-state index contributed by atoms with van der Waals surface area (Å²) in [5.41, 5.74) is 12.3. The van der Waals surface area contributed by atoms with Crippen LogP contribution >= 0.6 is 0 Å². The van der Waals surface area contributed by atoms with Gasteiger partial charge in [-0.15, -0.1) is 0 Å². The predicted octanol–water partition coefficient (Wildman–Crippen LogP) is -1.76. The largest absolute Gasteiger partial charge is 0.480 e. The molecule has 36 heavy (non-hydrogen) atoms. The molecule has 10 N–H and O–H groups in total. The third-order valence-electron chi connectivity index (χ3n) is 5.57. The summed E-state index contributed by atoms with van der Waals surface area (Å²) in [5.74, 6) is -4.31. The lowest BCUT2D eigenvalue weighted by molar-refractivity contribution is -0.145. The molecule has 2 aromatic rings. The van der Waals surface area contributed by atoms with E-state index in [9.17, 15) is 34.2 Å². The number of fused-ring (bicyclic) bond motifs is 1. The molecule has 2 rings (SSSR count). The highest BCUT2D eigenvalue weighted by molar-refractivity contribution is 5.94. The van der Waals surface area contributed by atoms with Crippen LogP contribution in [0.2, 0.25) is 0 Å². The molecule has 0 bridgehead atoms. The maximum absolute atomic E-state index is 13.0. The highest BCUT2D eigenvalue weighted by Gasteiger charge is 2.31. The van der Waals surface area contributed by atoms with E-state index in [1.807, 2.05) is 18.2 Å². The number of carbonyl (C=O) groups excluding carboxylic acids is 4. The van der Waals surface area contributed by atoms with E-state index >= 15 is 0 Å². The van der Waals surface area contributed by atoms with Gasteiger partial charge in [0.25, 0.3) is 0 Å². The number of carbonyl (C=O) groups is 5. The topological polar surface area (TPSA) is 230 Å². The Bertz CT molecular complexity index is 1120. The highest BCUT2D eigenvalue weighted by Crippen LogP contribution is 2.19. The Morgan fingerprint density at radius 2 is 1.67 bits per heavy atom. The maximum atomic E-state index is 13.0. The molecule has 0 spiro atoms. The van der Waals surface area contributed by atoms with Gasteiger partial charge in [-0.1, -0.05) is 18.2 Å². The Morgan fingerprint density at radius 3 is 2.28 bits per heavy atom. The molecular formula is C23H32N6O7. The van der Waals surface area contributed by atoms with Crippen LogP contribution in [0.5, 0.6) is 0 Å². The van der Waals surface area contributed by atoms with E-state index in [1.165, 1.54) is 13.8 Å². The monoisotopic (exact) mass is 504 g/mol. The number of primary amides is 1. The van der Waals surface area contributed by atoms with Crippen molar-refractivity contribution in [2.24, 2.45) is 11.5 Å². The van der Waals surface area contributed by atoms with Crippen LogP contribution in [0.1, 0.15) is 32.3 Å². The quantitative estimate of drug-likeness (QED) is 0.155. The van der Waals surface area contributed by atoms with Gasteiger partial charge in [-0.3, -0.25) is 19.2 Å². The maximum Gasteiger partial charge on any atom is 0.328 e. The molecule has 5 unspecified atom stereocenters. The first kappa shape index (κ1) is 28.3. The van der Waals surface area contributed by atoms with Crippen molar-refractivity contribution in [1.29, 1.82) is 0 Å². The molecule has 0 aliphatic carbocycles. The van der Waals surface area contributed by atoms with Gasteiger partial charge in [0.05, 0.1) is 12.1 Å². The average molecular weight is 505 g/mol. The van der Waals surface area contributed by atoms with E-state index in [0.29, 0.717) is 5.56 Å². The summed E-state index contributed by atoms with van der Waals surface area (Å²) < 4.78 is 0. The van der Waals surface area contributed by atoms with Crippen molar-refractivity contribution in [2.75, 3.05) is 0 Å². The number of carboxylic acid groups (broad SMARTS) is 1. The number of aromatic amines is 1. The van der Waals surface area contributed by atoms with E-state index < -0.39 is 59.9 Å². The summed E-state index contributed by atoms with van der Waals surface area (Å²) in [6.45, 7) is 2.59. The Balaban J connectivity index is 2.18. The summed E-state index contributed by atoms with van der Waals surface area (Å²) in [6.07, 6.45) is 0.166. The third-order valence-corrected chi connectivity index (χ3v) is 5.57. The average Bonchev–Trinajstić information content (AvgIpc) is 3.22. The molecule has 0 radical (unpaired) electrons. The summed E-state index contributed by atoms with van der Waals surface area (Å²) >= 11 is 0. The number of aliphatic hydroxyl groups is 1. The van der Waals surface area contributed by atoms with Crippen LogP contribution in [0, 0.1) is 0 Å². The number of aliphatic carboxylic acids is 1. The van der Waals surface area contributed by atoms with Crippen LogP contribution in [0.4, 0.5) is 0 Å². The number of hydrogen-bond donors (Lipinski definition) is 8. The van der Waals surface area contributed by atoms with Crippen molar-refractivity contribution in [2.45, 2.75) is 63.4 Å². The summed E-state index contributed by atoms with van der Waals surface area (Å²) in [5, 5.41) is 27.0. The van der Waals surface area contributed by atoms with Crippen LogP contribution in [-0.2, 0) is 30.4 Å². The number of aliphatic hydroxyl groups excluding tert-OH is 1. The summed E-state index contributed by atoms with van der Waals surface area (Å²) in [7, 11) is 0. The Hall–Kier alpha value is -3.97. The Morgan fingerprint density at radius 1 is 1.00 bits per heavy atom. The fraction of sp³-hybridized carbons (Fsp3) is 0.435. The second kappa shape index (κ2) is 12.7. The second-order valence-corrected chi connectivity index (χ2v) is 8.53. The van der Waals surface area contributed by atoms with Crippen LogP contribution in [0.15, 0.2) is 30.5 Å². The van der Waals surface area contributed by atoms with Crippen LogP contribution in [0.3, 0.4) is 0 Å². The Labute approximate surface area is 207 Å². The smallest absolute Gasteiger partial charge is 0.328 e. The fourth-order valence-corrected chi connectivity index (χ4v) is 3.48. The molecule has 0 aliphatic rings. The Kier molecular flexibility index (Phi) is 9.93. The molecule has 1 heterocycles. The fourth-order valence-electron chi connectivity index (χ4n) is 3.48. The van der Waals surface area contributed by atoms with Gasteiger partial charge in [0.15, 0.2) is 6.04 Å². The van der Waals surface area contributed by atoms with Crippen molar-refractivity contribution in [3.63, 3.8) is 0 Å². The number of nitrogens with two attached hydrogens (primary N) is 2. The van der Waals surface area contributed by atoms with Crippen molar-refractivity contribution < 1.29 is 34.2 Å². The molecule has 5 atom stereocenters. The zero-order chi connectivity index (χ0) is 27.0. The minimum atomic E-state index is -1.60. The molecule has 1 aromatic heterocycles. The molecule has 0 aliphatic heterocycles. The minimum absolute atomic E-state index is 0.00296. The molecule has 13 nitrogen and oxygen atoms in total. The first-order chi connectivity index (χ1) is 16.9.